The number of carbonyl (C=O) groups excluding carboxylic acids is 1. The predicted molar refractivity (Wildman–Crippen MR) is 150 cm³/mol. The number of likely N-dealkylation sites (tertiary alicyclic amines) is 1. The fourth-order valence-corrected chi connectivity index (χ4v) is 8.04. The summed E-state index contributed by atoms with van der Waals surface area (Å²) in [6.45, 7) is 15.3. The van der Waals surface area contributed by atoms with Crippen molar-refractivity contribution >= 4 is 22.2 Å². The second kappa shape index (κ2) is 10.9. The molecule has 0 atom stereocenters. The molecule has 2 aromatic rings. The summed E-state index contributed by atoms with van der Waals surface area (Å²) in [6.07, 6.45) is 6.16. The first-order valence-corrected chi connectivity index (χ1v) is 14.9. The summed E-state index contributed by atoms with van der Waals surface area (Å²) in [5, 5.41) is 1.27. The normalized spacial score (nSPS) is 22.7. The first-order chi connectivity index (χ1) is 17.8. The summed E-state index contributed by atoms with van der Waals surface area (Å²) >= 11 is 1.82. The highest BCUT2D eigenvalue weighted by Crippen LogP contribution is 2.42. The molecule has 0 unspecified atom stereocenters. The number of ether oxygens (including phenoxy) is 1. The number of amides is 1. The summed E-state index contributed by atoms with van der Waals surface area (Å²) in [4.78, 5) is 37.4. The van der Waals surface area contributed by atoms with Gasteiger partial charge in [0.15, 0.2) is 0 Å². The lowest BCUT2D eigenvalue weighted by Crippen LogP contribution is -2.57. The molecule has 5 rings (SSSR count). The fourth-order valence-electron chi connectivity index (χ4n) is 6.62. The molecule has 0 radical (unpaired) electrons. The highest BCUT2D eigenvalue weighted by atomic mass is 32.1. The van der Waals surface area contributed by atoms with Crippen LogP contribution in [-0.4, -0.2) is 71.7 Å². The standard InChI is InChI=1S/C29H42N4O3S/c1-6-33(22-10-8-21(9-11-22)32-15-23(16-32)36-7-2)29-20(5)26-25(37-29)12-13-31(28(26)35)17-24-18(3)14-19(4)30-27(24)34/h14,21-23H,6-13,15-17H2,1-5H3,(H,30,34)/t21-,22-. The topological polar surface area (TPSA) is 68.9 Å². The van der Waals surface area contributed by atoms with Crippen molar-refractivity contribution in [1.82, 2.24) is 14.8 Å². The van der Waals surface area contributed by atoms with Gasteiger partial charge in [-0.25, -0.2) is 0 Å². The van der Waals surface area contributed by atoms with E-state index in [1.807, 2.05) is 36.2 Å². The molecule has 1 aliphatic carbocycles. The van der Waals surface area contributed by atoms with E-state index in [2.05, 4.69) is 35.6 Å². The lowest BCUT2D eigenvalue weighted by molar-refractivity contribution is -0.0738. The molecule has 1 saturated heterocycles. The second-order valence-electron chi connectivity index (χ2n) is 11.0. The second-order valence-corrected chi connectivity index (χ2v) is 12.1. The van der Waals surface area contributed by atoms with Gasteiger partial charge < -0.3 is 19.5 Å². The molecule has 8 heteroatoms. The zero-order valence-electron chi connectivity index (χ0n) is 23.1. The highest BCUT2D eigenvalue weighted by molar-refractivity contribution is 7.16. The van der Waals surface area contributed by atoms with Crippen LogP contribution in [0.5, 0.6) is 0 Å². The quantitative estimate of drug-likeness (QED) is 0.552. The molecule has 7 nitrogen and oxygen atoms in total. The van der Waals surface area contributed by atoms with Gasteiger partial charge in [-0.3, -0.25) is 14.5 Å². The van der Waals surface area contributed by atoms with Gasteiger partial charge in [0.05, 0.1) is 23.2 Å². The molecule has 1 amide bonds. The zero-order valence-corrected chi connectivity index (χ0v) is 23.9. The number of aryl methyl sites for hydroxylation is 2. The van der Waals surface area contributed by atoms with Crippen LogP contribution in [0.3, 0.4) is 0 Å². The minimum absolute atomic E-state index is 0.0713. The lowest BCUT2D eigenvalue weighted by Gasteiger charge is -2.47. The maximum absolute atomic E-state index is 13.6. The van der Waals surface area contributed by atoms with E-state index in [-0.39, 0.29) is 11.5 Å². The molecule has 0 bridgehead atoms. The van der Waals surface area contributed by atoms with Crippen LogP contribution in [0.25, 0.3) is 0 Å². The van der Waals surface area contributed by atoms with Gasteiger partial charge in [0, 0.05) is 67.4 Å². The summed E-state index contributed by atoms with van der Waals surface area (Å²) in [5.74, 6) is 0.0713. The van der Waals surface area contributed by atoms with Crippen molar-refractivity contribution in [3.05, 3.63) is 49.2 Å². The van der Waals surface area contributed by atoms with E-state index in [1.54, 1.807) is 0 Å². The predicted octanol–water partition coefficient (Wildman–Crippen LogP) is 4.42. The lowest BCUT2D eigenvalue weighted by atomic mass is 9.87. The highest BCUT2D eigenvalue weighted by Gasteiger charge is 2.37. The van der Waals surface area contributed by atoms with Gasteiger partial charge >= 0.3 is 0 Å². The van der Waals surface area contributed by atoms with Crippen molar-refractivity contribution in [2.45, 2.75) is 91.5 Å². The number of aromatic nitrogens is 1. The van der Waals surface area contributed by atoms with E-state index < -0.39 is 0 Å². The number of fused-ring (bicyclic) bond motifs is 1. The van der Waals surface area contributed by atoms with Gasteiger partial charge in [0.25, 0.3) is 11.5 Å². The number of hydrogen-bond donors (Lipinski definition) is 1. The summed E-state index contributed by atoms with van der Waals surface area (Å²) in [7, 11) is 0. The Hall–Kier alpha value is -2.16. The van der Waals surface area contributed by atoms with Crippen LogP contribution in [0.4, 0.5) is 5.00 Å². The van der Waals surface area contributed by atoms with Crippen molar-refractivity contribution in [1.29, 1.82) is 0 Å². The number of nitrogens with zero attached hydrogens (tertiary/aromatic N) is 3. The number of pyridine rings is 1. The maximum Gasteiger partial charge on any atom is 0.255 e. The van der Waals surface area contributed by atoms with E-state index in [9.17, 15) is 9.59 Å². The Morgan fingerprint density at radius 1 is 1.11 bits per heavy atom. The van der Waals surface area contributed by atoms with Crippen molar-refractivity contribution in [3.8, 4) is 0 Å². The van der Waals surface area contributed by atoms with Gasteiger partial charge in [-0.1, -0.05) is 0 Å². The van der Waals surface area contributed by atoms with Crippen molar-refractivity contribution in [2.24, 2.45) is 0 Å². The minimum Gasteiger partial charge on any atom is -0.376 e. The molecule has 37 heavy (non-hydrogen) atoms. The van der Waals surface area contributed by atoms with Crippen LogP contribution < -0.4 is 10.5 Å². The number of thiophene rings is 1. The van der Waals surface area contributed by atoms with Crippen LogP contribution in [0, 0.1) is 20.8 Å². The molecular weight excluding hydrogens is 484 g/mol. The number of H-pyrrole nitrogens is 1. The number of carbonyl (C=O) groups is 1. The summed E-state index contributed by atoms with van der Waals surface area (Å²) in [5.41, 5.74) is 4.40. The van der Waals surface area contributed by atoms with E-state index in [1.165, 1.54) is 35.6 Å². The number of aromatic amines is 1. The molecule has 3 aliphatic rings. The molecule has 1 saturated carbocycles. The van der Waals surface area contributed by atoms with E-state index in [0.29, 0.717) is 36.8 Å². The third-order valence-corrected chi connectivity index (χ3v) is 10.0. The third-order valence-electron chi connectivity index (χ3n) is 8.65. The van der Waals surface area contributed by atoms with Crippen LogP contribution in [0.15, 0.2) is 10.9 Å². The Morgan fingerprint density at radius 3 is 2.49 bits per heavy atom. The van der Waals surface area contributed by atoms with E-state index in [4.69, 9.17) is 4.74 Å². The summed E-state index contributed by atoms with van der Waals surface area (Å²) in [6, 6.07) is 3.20. The Labute approximate surface area is 224 Å². The van der Waals surface area contributed by atoms with Gasteiger partial charge in [0.2, 0.25) is 0 Å². The monoisotopic (exact) mass is 526 g/mol. The zero-order chi connectivity index (χ0) is 26.3. The Morgan fingerprint density at radius 2 is 1.84 bits per heavy atom. The molecule has 1 N–H and O–H groups in total. The van der Waals surface area contributed by atoms with Crippen LogP contribution in [0.1, 0.15) is 77.2 Å². The molecule has 2 fully saturated rings. The number of rotatable bonds is 8. The molecule has 0 spiro atoms. The summed E-state index contributed by atoms with van der Waals surface area (Å²) < 4.78 is 5.76. The maximum atomic E-state index is 13.6. The van der Waals surface area contributed by atoms with E-state index in [0.717, 1.165) is 55.0 Å². The molecule has 202 valence electrons. The molecule has 2 aliphatic heterocycles. The van der Waals surface area contributed by atoms with Crippen molar-refractivity contribution in [2.75, 3.05) is 37.7 Å². The molecule has 0 aromatic carbocycles. The van der Waals surface area contributed by atoms with Gasteiger partial charge in [-0.15, -0.1) is 11.3 Å². The Bertz CT molecular complexity index is 1190. The SMILES string of the molecule is CCOC1CN([C@H]2CC[C@H](N(CC)c3sc4c(c3C)C(=O)N(Cc3c(C)cc(C)[nH]c3=O)CC4)CC2)C1. The van der Waals surface area contributed by atoms with Crippen molar-refractivity contribution in [3.63, 3.8) is 0 Å². The van der Waals surface area contributed by atoms with Crippen molar-refractivity contribution < 1.29 is 9.53 Å². The van der Waals surface area contributed by atoms with Crippen LogP contribution in [0.2, 0.25) is 0 Å². The molecule has 4 heterocycles. The molecular formula is C29H42N4O3S. The average molecular weight is 527 g/mol. The molecule has 2 aromatic heterocycles. The van der Waals surface area contributed by atoms with Gasteiger partial charge in [-0.05, 0) is 77.5 Å². The van der Waals surface area contributed by atoms with Crippen LogP contribution in [-0.2, 0) is 17.7 Å². The fraction of sp³-hybridized carbons (Fsp3) is 0.655. The average Bonchev–Trinajstić information content (AvgIpc) is 3.17. The Kier molecular flexibility index (Phi) is 7.80. The minimum atomic E-state index is -0.0850. The van der Waals surface area contributed by atoms with Crippen LogP contribution >= 0.6 is 11.3 Å². The smallest absolute Gasteiger partial charge is 0.255 e. The first-order valence-electron chi connectivity index (χ1n) is 14.0. The van der Waals surface area contributed by atoms with E-state index >= 15 is 0 Å². The Balaban J connectivity index is 1.27. The number of hydrogen-bond acceptors (Lipinski definition) is 6. The third kappa shape index (κ3) is 5.12. The largest absolute Gasteiger partial charge is 0.376 e. The first kappa shape index (κ1) is 26.4. The van der Waals surface area contributed by atoms with Gasteiger partial charge in [-0.2, -0.15) is 0 Å². The van der Waals surface area contributed by atoms with Gasteiger partial charge in [0.1, 0.15) is 0 Å². The number of nitrogens with one attached hydrogen (secondary N) is 1. The number of anilines is 1.